The van der Waals surface area contributed by atoms with E-state index >= 15 is 0 Å². The molecule has 2 heterocycles. The van der Waals surface area contributed by atoms with Crippen molar-refractivity contribution in [2.45, 2.75) is 19.9 Å². The number of benzene rings is 4. The third-order valence-electron chi connectivity index (χ3n) is 5.75. The molecule has 6 aromatic rings. The average Bonchev–Trinajstić information content (AvgIpc) is 3.32. The Hall–Kier alpha value is -3.17. The van der Waals surface area contributed by atoms with Crippen molar-refractivity contribution >= 4 is 53.3 Å². The minimum atomic E-state index is 0.320. The lowest BCUT2D eigenvalue weighted by Crippen LogP contribution is -2.03. The molecule has 29 heavy (non-hydrogen) atoms. The van der Waals surface area contributed by atoms with Crippen LogP contribution in [0.5, 0.6) is 0 Å². The van der Waals surface area contributed by atoms with Gasteiger partial charge in [0.05, 0.1) is 11.0 Å². The zero-order chi connectivity index (χ0) is 19.5. The first-order chi connectivity index (χ1) is 14.2. The van der Waals surface area contributed by atoms with Crippen LogP contribution in [-0.2, 0) is 0 Å². The molecule has 0 spiro atoms. The normalized spacial score (nSPS) is 12.1. The van der Waals surface area contributed by atoms with Crippen LogP contribution in [0.3, 0.4) is 0 Å². The number of thiophene rings is 1. The van der Waals surface area contributed by atoms with Gasteiger partial charge in [-0.05, 0) is 37.4 Å². The molecule has 0 saturated heterocycles. The molecule has 0 bridgehead atoms. The van der Waals surface area contributed by atoms with Gasteiger partial charge in [-0.2, -0.15) is 0 Å². The van der Waals surface area contributed by atoms with E-state index < -0.39 is 0 Å². The average molecular weight is 393 g/mol. The van der Waals surface area contributed by atoms with E-state index in [0.29, 0.717) is 6.04 Å². The van der Waals surface area contributed by atoms with Crippen LogP contribution >= 0.6 is 11.3 Å². The van der Waals surface area contributed by atoms with Gasteiger partial charge in [-0.25, -0.2) is 4.98 Å². The Morgan fingerprint density at radius 1 is 0.759 bits per heavy atom. The zero-order valence-corrected chi connectivity index (χ0v) is 17.2. The Kier molecular flexibility index (Phi) is 3.56. The van der Waals surface area contributed by atoms with Crippen LogP contribution < -0.4 is 0 Å². The zero-order valence-electron chi connectivity index (χ0n) is 16.4. The quantitative estimate of drug-likeness (QED) is 0.294. The van der Waals surface area contributed by atoms with Gasteiger partial charge >= 0.3 is 0 Å². The smallest absolute Gasteiger partial charge is 0.142 e. The molecular formula is C26H20N2S. The maximum absolute atomic E-state index is 5.22. The van der Waals surface area contributed by atoms with E-state index in [9.17, 15) is 0 Å². The van der Waals surface area contributed by atoms with Crippen LogP contribution in [0.25, 0.3) is 53.4 Å². The molecule has 6 rings (SSSR count). The van der Waals surface area contributed by atoms with Crippen LogP contribution in [0.15, 0.2) is 78.9 Å². The number of nitrogens with zero attached hydrogens (tertiary/aromatic N) is 2. The van der Waals surface area contributed by atoms with Gasteiger partial charge < -0.3 is 4.57 Å². The number of fused-ring (bicyclic) bond motifs is 6. The molecule has 4 aromatic carbocycles. The summed E-state index contributed by atoms with van der Waals surface area (Å²) in [5.41, 5.74) is 3.51. The monoisotopic (exact) mass is 392 g/mol. The summed E-state index contributed by atoms with van der Waals surface area (Å²) in [6.45, 7) is 4.48. The molecule has 0 aliphatic carbocycles. The summed E-state index contributed by atoms with van der Waals surface area (Å²) in [5, 5.41) is 5.09. The highest BCUT2D eigenvalue weighted by Gasteiger charge is 2.19. The standard InChI is InChI=1S/C26H20N2S/c1-16(2)28-22-15-14-17-8-3-4-9-18(17)24(22)27-26(28)21-12-7-11-20-19-10-5-6-13-23(19)29-25(20)21/h3-16H,1-2H3. The molecule has 0 N–H and O–H groups in total. The maximum atomic E-state index is 5.22. The van der Waals surface area contributed by atoms with Gasteiger partial charge in [0.2, 0.25) is 0 Å². The molecule has 0 amide bonds. The number of imidazole rings is 1. The SMILES string of the molecule is CC(C)n1c(-c2cccc3c2sc2ccccc23)nc2c3ccccc3ccc21. The van der Waals surface area contributed by atoms with E-state index in [1.54, 1.807) is 0 Å². The minimum absolute atomic E-state index is 0.320. The Morgan fingerprint density at radius 2 is 1.52 bits per heavy atom. The lowest BCUT2D eigenvalue weighted by molar-refractivity contribution is 0.625. The van der Waals surface area contributed by atoms with E-state index in [1.165, 1.54) is 42.0 Å². The number of hydrogen-bond donors (Lipinski definition) is 0. The Bertz CT molecular complexity index is 1530. The highest BCUT2D eigenvalue weighted by atomic mass is 32.1. The van der Waals surface area contributed by atoms with Crippen molar-refractivity contribution in [1.82, 2.24) is 9.55 Å². The second-order valence-electron chi connectivity index (χ2n) is 7.83. The predicted molar refractivity (Wildman–Crippen MR) is 126 cm³/mol. The fourth-order valence-electron chi connectivity index (χ4n) is 4.47. The van der Waals surface area contributed by atoms with Gasteiger partial charge in [0, 0.05) is 37.2 Å². The van der Waals surface area contributed by atoms with E-state index in [-0.39, 0.29) is 0 Å². The first-order valence-corrected chi connectivity index (χ1v) is 10.8. The van der Waals surface area contributed by atoms with E-state index in [1.807, 2.05) is 11.3 Å². The summed E-state index contributed by atoms with van der Waals surface area (Å²) in [6, 6.07) is 28.6. The Balaban J connectivity index is 1.75. The molecule has 140 valence electrons. The van der Waals surface area contributed by atoms with E-state index in [4.69, 9.17) is 4.98 Å². The molecule has 3 heteroatoms. The van der Waals surface area contributed by atoms with Crippen molar-refractivity contribution in [3.05, 3.63) is 78.9 Å². The molecular weight excluding hydrogens is 372 g/mol. The summed E-state index contributed by atoms with van der Waals surface area (Å²) in [4.78, 5) is 5.22. The van der Waals surface area contributed by atoms with Gasteiger partial charge in [0.1, 0.15) is 5.82 Å². The van der Waals surface area contributed by atoms with Gasteiger partial charge in [0.15, 0.2) is 0 Å². The summed E-state index contributed by atoms with van der Waals surface area (Å²) in [5.74, 6) is 1.06. The first kappa shape index (κ1) is 16.8. The first-order valence-electron chi connectivity index (χ1n) is 10.0. The molecule has 0 saturated carbocycles. The summed E-state index contributed by atoms with van der Waals surface area (Å²) in [6.07, 6.45) is 0. The molecule has 2 aromatic heterocycles. The molecule has 0 atom stereocenters. The largest absolute Gasteiger partial charge is 0.321 e. The fourth-order valence-corrected chi connectivity index (χ4v) is 5.68. The highest BCUT2D eigenvalue weighted by Crippen LogP contribution is 2.41. The minimum Gasteiger partial charge on any atom is -0.321 e. The Labute approximate surface area is 173 Å². The van der Waals surface area contributed by atoms with Crippen LogP contribution in [0.1, 0.15) is 19.9 Å². The van der Waals surface area contributed by atoms with Crippen molar-refractivity contribution in [1.29, 1.82) is 0 Å². The van der Waals surface area contributed by atoms with Crippen LogP contribution in [0.2, 0.25) is 0 Å². The van der Waals surface area contributed by atoms with Gasteiger partial charge in [0.25, 0.3) is 0 Å². The van der Waals surface area contributed by atoms with Crippen LogP contribution in [0, 0.1) is 0 Å². The van der Waals surface area contributed by atoms with Crippen molar-refractivity contribution in [2.75, 3.05) is 0 Å². The van der Waals surface area contributed by atoms with Gasteiger partial charge in [-0.1, -0.05) is 60.7 Å². The molecule has 0 aliphatic rings. The molecule has 0 fully saturated rings. The van der Waals surface area contributed by atoms with Crippen LogP contribution in [-0.4, -0.2) is 9.55 Å². The lowest BCUT2D eigenvalue weighted by Gasteiger charge is -2.14. The van der Waals surface area contributed by atoms with Crippen molar-refractivity contribution in [2.24, 2.45) is 0 Å². The van der Waals surface area contributed by atoms with E-state index in [0.717, 1.165) is 11.3 Å². The number of rotatable bonds is 2. The maximum Gasteiger partial charge on any atom is 0.142 e. The number of aromatic nitrogens is 2. The van der Waals surface area contributed by atoms with Gasteiger partial charge in [-0.3, -0.25) is 0 Å². The topological polar surface area (TPSA) is 17.8 Å². The third-order valence-corrected chi connectivity index (χ3v) is 6.97. The lowest BCUT2D eigenvalue weighted by atomic mass is 10.1. The van der Waals surface area contributed by atoms with Gasteiger partial charge in [-0.15, -0.1) is 11.3 Å². The third kappa shape index (κ3) is 2.37. The highest BCUT2D eigenvalue weighted by molar-refractivity contribution is 7.26. The predicted octanol–water partition coefficient (Wildman–Crippen LogP) is 7.81. The second-order valence-corrected chi connectivity index (χ2v) is 8.89. The fraction of sp³-hybridized carbons (Fsp3) is 0.115. The van der Waals surface area contributed by atoms with Crippen molar-refractivity contribution < 1.29 is 0 Å². The summed E-state index contributed by atoms with van der Waals surface area (Å²) in [7, 11) is 0. The van der Waals surface area contributed by atoms with E-state index in [2.05, 4.69) is 97.3 Å². The molecule has 0 unspecified atom stereocenters. The summed E-state index contributed by atoms with van der Waals surface area (Å²) < 4.78 is 5.03. The Morgan fingerprint density at radius 3 is 2.38 bits per heavy atom. The number of hydrogen-bond acceptors (Lipinski definition) is 2. The molecule has 0 radical (unpaired) electrons. The van der Waals surface area contributed by atoms with Crippen molar-refractivity contribution in [3.8, 4) is 11.4 Å². The second kappa shape index (κ2) is 6.16. The van der Waals surface area contributed by atoms with Crippen molar-refractivity contribution in [3.63, 3.8) is 0 Å². The van der Waals surface area contributed by atoms with Crippen LogP contribution in [0.4, 0.5) is 0 Å². The molecule has 2 nitrogen and oxygen atoms in total. The summed E-state index contributed by atoms with van der Waals surface area (Å²) >= 11 is 1.86. The molecule has 0 aliphatic heterocycles.